The Bertz CT molecular complexity index is 950. The Hall–Kier alpha value is -0.796. The third-order valence-corrected chi connectivity index (χ3v) is 16.1. The molecule has 0 amide bonds. The van der Waals surface area contributed by atoms with Crippen molar-refractivity contribution in [1.82, 2.24) is 0 Å². The van der Waals surface area contributed by atoms with Crippen molar-refractivity contribution in [3.05, 3.63) is 0 Å². The van der Waals surface area contributed by atoms with Gasteiger partial charge in [0.2, 0.25) is 0 Å². The van der Waals surface area contributed by atoms with Gasteiger partial charge in [-0.25, -0.2) is 0 Å². The van der Waals surface area contributed by atoms with Gasteiger partial charge in [0, 0.05) is 59.7 Å². The van der Waals surface area contributed by atoms with E-state index >= 15 is 0 Å². The molecule has 4 bridgehead atoms. The van der Waals surface area contributed by atoms with Crippen molar-refractivity contribution in [3.8, 4) is 0 Å². The number of rotatable bonds is 14. The van der Waals surface area contributed by atoms with Gasteiger partial charge in [-0.05, 0) is 117 Å². The SMILES string of the molecule is C1CC2CCC1C2.C1CC2CCC1C2.CC(=O)OC1(C)CCCC1.CCC(O)(C(F)(F)F)C(F)(F)F.CCO[Si](C)(OCC)OCC.CCO[Si](C)(OCC)OCC. The van der Waals surface area contributed by atoms with Crippen molar-refractivity contribution in [3.63, 3.8) is 0 Å². The minimum Gasteiger partial charge on any atom is -0.460 e. The fraction of sp³-hybridized carbons (Fsp3) is 0.976. The normalized spacial score (nSPS) is 23.1. The second-order valence-electron chi connectivity index (χ2n) is 16.0. The maximum atomic E-state index is 11.6. The van der Waals surface area contributed by atoms with Crippen molar-refractivity contribution in [2.75, 3.05) is 39.6 Å². The molecule has 0 aliphatic heterocycles. The van der Waals surface area contributed by atoms with Crippen molar-refractivity contribution in [2.24, 2.45) is 23.7 Å². The number of aliphatic hydroxyl groups is 1. The predicted molar refractivity (Wildman–Crippen MR) is 219 cm³/mol. The summed E-state index contributed by atoms with van der Waals surface area (Å²) in [6.45, 7) is 23.6. The predicted octanol–water partition coefficient (Wildman–Crippen LogP) is 11.9. The largest absolute Gasteiger partial charge is 0.497 e. The van der Waals surface area contributed by atoms with E-state index in [0.717, 1.165) is 12.8 Å². The minimum absolute atomic E-state index is 0.133. The van der Waals surface area contributed by atoms with Crippen LogP contribution in [-0.4, -0.2) is 91.9 Å². The number of hydrogen-bond donors (Lipinski definition) is 1. The molecule has 17 heteroatoms. The summed E-state index contributed by atoms with van der Waals surface area (Å²) in [5.74, 6) is 4.54. The molecule has 9 nitrogen and oxygen atoms in total. The Kier molecular flexibility index (Phi) is 27.6. The van der Waals surface area contributed by atoms with E-state index in [9.17, 15) is 31.1 Å². The van der Waals surface area contributed by atoms with Gasteiger partial charge < -0.3 is 36.4 Å². The molecule has 5 aliphatic carbocycles. The lowest BCUT2D eigenvalue weighted by Crippen LogP contribution is -2.56. The Labute approximate surface area is 349 Å². The molecule has 5 saturated carbocycles. The topological polar surface area (TPSA) is 102 Å². The molecule has 5 fully saturated rings. The van der Waals surface area contributed by atoms with Crippen LogP contribution in [0.15, 0.2) is 0 Å². The van der Waals surface area contributed by atoms with Gasteiger partial charge in [0.25, 0.3) is 5.60 Å². The lowest BCUT2D eigenvalue weighted by atomic mass is 10.00. The van der Waals surface area contributed by atoms with Crippen LogP contribution < -0.4 is 0 Å². The van der Waals surface area contributed by atoms with Gasteiger partial charge in [0.15, 0.2) is 0 Å². The molecule has 0 aromatic carbocycles. The monoisotopic (exact) mass is 887 g/mol. The molecule has 348 valence electrons. The molecule has 1 N–H and O–H groups in total. The lowest BCUT2D eigenvalue weighted by Gasteiger charge is -2.30. The van der Waals surface area contributed by atoms with Gasteiger partial charge in [-0.1, -0.05) is 58.3 Å². The van der Waals surface area contributed by atoms with Gasteiger partial charge in [-0.15, -0.1) is 0 Å². The van der Waals surface area contributed by atoms with Gasteiger partial charge in [0.05, 0.1) is 0 Å². The van der Waals surface area contributed by atoms with E-state index in [1.165, 1.54) is 43.4 Å². The van der Waals surface area contributed by atoms with Crippen LogP contribution in [0, 0.1) is 23.7 Å². The van der Waals surface area contributed by atoms with Crippen molar-refractivity contribution < 1.29 is 67.5 Å². The third kappa shape index (κ3) is 21.8. The quantitative estimate of drug-likeness (QED) is 0.104. The van der Waals surface area contributed by atoms with E-state index in [2.05, 4.69) is 0 Å². The van der Waals surface area contributed by atoms with E-state index < -0.39 is 42.0 Å². The highest BCUT2D eigenvalue weighted by Crippen LogP contribution is 2.46. The number of esters is 1. The first-order valence-electron chi connectivity index (χ1n) is 21.8. The molecule has 0 heterocycles. The van der Waals surface area contributed by atoms with Crippen LogP contribution in [-0.2, 0) is 36.1 Å². The number of carbonyl (C=O) groups excluding carboxylic acids is 1. The Morgan fingerprint density at radius 2 is 0.810 bits per heavy atom. The van der Waals surface area contributed by atoms with Crippen LogP contribution in [0.3, 0.4) is 0 Å². The number of halogens is 6. The Balaban J connectivity index is 0.000000676. The number of fused-ring (bicyclic) bond motifs is 4. The van der Waals surface area contributed by atoms with Gasteiger partial charge in [-0.2, -0.15) is 26.3 Å². The van der Waals surface area contributed by atoms with Crippen LogP contribution in [0.4, 0.5) is 26.3 Å². The summed E-state index contributed by atoms with van der Waals surface area (Å²) >= 11 is 0. The summed E-state index contributed by atoms with van der Waals surface area (Å²) in [6.07, 6.45) is 7.31. The standard InChI is InChI=1S/C8H14O2.2C7H18O3Si.2C7H12.C5H6F6O/c1-7(9)10-8(2)5-3-4-6-8;2*1-5-8-11(4,9-6-2)10-7-3;2*1-2-7-4-3-6(1)5-7;1-2-3(12,4(6,7)8)5(9,10)11/h3-6H2,1-2H3;2*5-7H2,1-4H3;2*6-7H,1-5H2;12H,2H2,1H3. The molecule has 0 aromatic rings. The van der Waals surface area contributed by atoms with Crippen molar-refractivity contribution in [1.29, 1.82) is 0 Å². The van der Waals surface area contributed by atoms with Gasteiger partial charge in [-0.3, -0.25) is 4.79 Å². The van der Waals surface area contributed by atoms with E-state index in [1.54, 1.807) is 64.2 Å². The minimum atomic E-state index is -5.68. The molecule has 0 atom stereocenters. The summed E-state index contributed by atoms with van der Waals surface area (Å²) in [5.41, 5.74) is -4.72. The molecule has 0 aromatic heterocycles. The summed E-state index contributed by atoms with van der Waals surface area (Å²) in [5, 5.41) is 8.24. The zero-order valence-electron chi connectivity index (χ0n) is 37.6. The molecular formula is C41H80F6O9Si2. The third-order valence-electron chi connectivity index (χ3n) is 11.2. The Morgan fingerprint density at radius 3 is 0.931 bits per heavy atom. The van der Waals surface area contributed by atoms with Crippen LogP contribution in [0.5, 0.6) is 0 Å². The first kappa shape index (κ1) is 57.2. The summed E-state index contributed by atoms with van der Waals surface area (Å²) in [4.78, 5) is 10.6. The molecule has 0 radical (unpaired) electrons. The molecule has 5 rings (SSSR count). The first-order valence-corrected chi connectivity index (χ1v) is 26.3. The molecule has 5 aliphatic rings. The summed E-state index contributed by atoms with van der Waals surface area (Å²) < 4.78 is 107. The number of alkyl halides is 6. The van der Waals surface area contributed by atoms with E-state index in [4.69, 9.17) is 36.4 Å². The highest BCUT2D eigenvalue weighted by Gasteiger charge is 2.69. The van der Waals surface area contributed by atoms with Gasteiger partial charge in [0.1, 0.15) is 5.60 Å². The zero-order valence-corrected chi connectivity index (χ0v) is 39.6. The molecule has 0 spiro atoms. The summed E-state index contributed by atoms with van der Waals surface area (Å²) in [6, 6.07) is 0. The molecule has 0 unspecified atom stereocenters. The lowest BCUT2D eigenvalue weighted by molar-refractivity contribution is -0.368. The number of hydrogen-bond acceptors (Lipinski definition) is 9. The molecule has 58 heavy (non-hydrogen) atoms. The fourth-order valence-corrected chi connectivity index (χ4v) is 12.0. The second kappa shape index (κ2) is 28.0. The van der Waals surface area contributed by atoms with Crippen LogP contribution >= 0.6 is 0 Å². The first-order chi connectivity index (χ1) is 26.9. The highest BCUT2D eigenvalue weighted by atomic mass is 28.4. The maximum Gasteiger partial charge on any atom is 0.497 e. The maximum absolute atomic E-state index is 11.6. The Morgan fingerprint density at radius 1 is 0.569 bits per heavy atom. The van der Waals surface area contributed by atoms with Crippen LogP contribution in [0.1, 0.15) is 159 Å². The van der Waals surface area contributed by atoms with Crippen LogP contribution in [0.25, 0.3) is 0 Å². The van der Waals surface area contributed by atoms with E-state index in [0.29, 0.717) is 46.6 Å². The second-order valence-corrected chi connectivity index (χ2v) is 21.2. The average molecular weight is 887 g/mol. The number of carbonyl (C=O) groups is 1. The van der Waals surface area contributed by atoms with E-state index in [-0.39, 0.29) is 11.6 Å². The average Bonchev–Trinajstić information content (AvgIpc) is 3.99. The molecular weight excluding hydrogens is 807 g/mol. The smallest absolute Gasteiger partial charge is 0.460 e. The zero-order chi connectivity index (χ0) is 44.7. The number of ether oxygens (including phenoxy) is 1. The van der Waals surface area contributed by atoms with Crippen LogP contribution in [0.2, 0.25) is 13.1 Å². The molecule has 0 saturated heterocycles. The summed E-state index contributed by atoms with van der Waals surface area (Å²) in [7, 11) is -4.50. The fourth-order valence-electron chi connectivity index (χ4n) is 8.31. The highest BCUT2D eigenvalue weighted by molar-refractivity contribution is 6.59. The van der Waals surface area contributed by atoms with E-state index in [1.807, 2.05) is 61.6 Å². The van der Waals surface area contributed by atoms with Gasteiger partial charge >= 0.3 is 35.9 Å². The van der Waals surface area contributed by atoms with Crippen molar-refractivity contribution in [2.45, 2.75) is 195 Å². The van der Waals surface area contributed by atoms with Crippen molar-refractivity contribution >= 4 is 23.6 Å².